The molecule has 2 heterocycles. The van der Waals surface area contributed by atoms with E-state index in [9.17, 15) is 0 Å². The van der Waals surface area contributed by atoms with Gasteiger partial charge < -0.3 is 10.2 Å². The molecule has 0 aromatic carbocycles. The van der Waals surface area contributed by atoms with Crippen molar-refractivity contribution in [2.24, 2.45) is 0 Å². The Hall–Kier alpha value is -0.910. The first-order chi connectivity index (χ1) is 9.89. The summed E-state index contributed by atoms with van der Waals surface area (Å²) < 4.78 is 0. The molecular weight excluding hydrogens is 298 g/mol. The standard InChI is InChI=1S/C16H25N3S2/c1-6-13-14(9-17-16(2,3)4)21-15(18-13)19(5)10-12-7-8-20-11-12/h7-8,11,17H,6,9-10H2,1-5H3. The fraction of sp³-hybridized carbons (Fsp3) is 0.562. The quantitative estimate of drug-likeness (QED) is 0.859. The normalized spacial score (nSPS) is 11.9. The summed E-state index contributed by atoms with van der Waals surface area (Å²) in [6, 6.07) is 2.18. The minimum Gasteiger partial charge on any atom is -0.347 e. The topological polar surface area (TPSA) is 28.2 Å². The molecule has 0 atom stereocenters. The van der Waals surface area contributed by atoms with Crippen LogP contribution >= 0.6 is 22.7 Å². The summed E-state index contributed by atoms with van der Waals surface area (Å²) in [5.74, 6) is 0. The molecule has 0 radical (unpaired) electrons. The molecule has 0 aliphatic heterocycles. The average molecular weight is 324 g/mol. The van der Waals surface area contributed by atoms with Crippen LogP contribution in [0.4, 0.5) is 5.13 Å². The van der Waals surface area contributed by atoms with E-state index >= 15 is 0 Å². The molecule has 2 aromatic heterocycles. The number of hydrogen-bond donors (Lipinski definition) is 1. The predicted octanol–water partition coefficient (Wildman–Crippen LogP) is 4.29. The molecule has 0 saturated heterocycles. The van der Waals surface area contributed by atoms with E-state index in [0.29, 0.717) is 0 Å². The summed E-state index contributed by atoms with van der Waals surface area (Å²) in [4.78, 5) is 8.42. The Kier molecular flexibility index (Phi) is 5.41. The van der Waals surface area contributed by atoms with Gasteiger partial charge in [0, 0.05) is 30.6 Å². The molecule has 0 bridgehead atoms. The van der Waals surface area contributed by atoms with E-state index in [2.05, 4.69) is 61.8 Å². The largest absolute Gasteiger partial charge is 0.347 e. The number of anilines is 1. The van der Waals surface area contributed by atoms with E-state index in [1.165, 1.54) is 16.1 Å². The fourth-order valence-electron chi connectivity index (χ4n) is 2.02. The highest BCUT2D eigenvalue weighted by atomic mass is 32.1. The van der Waals surface area contributed by atoms with Gasteiger partial charge in [0.25, 0.3) is 0 Å². The number of thiazole rings is 1. The van der Waals surface area contributed by atoms with Crippen LogP contribution < -0.4 is 10.2 Å². The second kappa shape index (κ2) is 6.90. The summed E-state index contributed by atoms with van der Waals surface area (Å²) >= 11 is 3.56. The molecule has 116 valence electrons. The molecule has 0 aliphatic carbocycles. The minimum atomic E-state index is 0.137. The van der Waals surface area contributed by atoms with Gasteiger partial charge in [-0.15, -0.1) is 11.3 Å². The Balaban J connectivity index is 2.08. The van der Waals surface area contributed by atoms with E-state index in [0.717, 1.165) is 24.6 Å². The van der Waals surface area contributed by atoms with Crippen LogP contribution in [0.25, 0.3) is 0 Å². The number of aryl methyl sites for hydroxylation is 1. The second-order valence-electron chi connectivity index (χ2n) is 6.31. The van der Waals surface area contributed by atoms with Crippen LogP contribution in [0.2, 0.25) is 0 Å². The van der Waals surface area contributed by atoms with Crippen LogP contribution in [0, 0.1) is 0 Å². The van der Waals surface area contributed by atoms with Gasteiger partial charge in [0.05, 0.1) is 5.69 Å². The van der Waals surface area contributed by atoms with Crippen LogP contribution in [-0.4, -0.2) is 17.6 Å². The summed E-state index contributed by atoms with van der Waals surface area (Å²) in [6.45, 7) is 10.6. The smallest absolute Gasteiger partial charge is 0.185 e. The van der Waals surface area contributed by atoms with Gasteiger partial charge in [-0.3, -0.25) is 0 Å². The van der Waals surface area contributed by atoms with Crippen molar-refractivity contribution in [1.29, 1.82) is 0 Å². The van der Waals surface area contributed by atoms with Crippen LogP contribution in [0.3, 0.4) is 0 Å². The Bertz CT molecular complexity index is 553. The Morgan fingerprint density at radius 2 is 2.10 bits per heavy atom. The molecule has 0 aliphatic rings. The highest BCUT2D eigenvalue weighted by Gasteiger charge is 2.16. The van der Waals surface area contributed by atoms with E-state index < -0.39 is 0 Å². The van der Waals surface area contributed by atoms with Gasteiger partial charge in [0.1, 0.15) is 0 Å². The Labute approximate surface area is 136 Å². The van der Waals surface area contributed by atoms with E-state index in [-0.39, 0.29) is 5.54 Å². The molecular formula is C16H25N3S2. The average Bonchev–Trinajstić information content (AvgIpc) is 3.03. The molecule has 0 unspecified atom stereocenters. The lowest BCUT2D eigenvalue weighted by Gasteiger charge is -2.20. The predicted molar refractivity (Wildman–Crippen MR) is 94.5 cm³/mol. The van der Waals surface area contributed by atoms with Gasteiger partial charge in [-0.2, -0.15) is 11.3 Å². The molecule has 0 spiro atoms. The monoisotopic (exact) mass is 323 g/mol. The fourth-order valence-corrected chi connectivity index (χ4v) is 3.73. The van der Waals surface area contributed by atoms with Gasteiger partial charge in [0.2, 0.25) is 0 Å². The lowest BCUT2D eigenvalue weighted by molar-refractivity contribution is 0.425. The van der Waals surface area contributed by atoms with Crippen molar-refractivity contribution in [3.05, 3.63) is 33.0 Å². The Morgan fingerprint density at radius 3 is 2.67 bits per heavy atom. The number of thiophene rings is 1. The first-order valence-corrected chi connectivity index (χ1v) is 9.11. The molecule has 1 N–H and O–H groups in total. The Morgan fingerprint density at radius 1 is 1.33 bits per heavy atom. The lowest BCUT2D eigenvalue weighted by atomic mass is 10.1. The second-order valence-corrected chi connectivity index (χ2v) is 8.15. The number of rotatable bonds is 6. The summed E-state index contributed by atoms with van der Waals surface area (Å²) in [7, 11) is 2.12. The van der Waals surface area contributed by atoms with Crippen molar-refractivity contribution in [2.75, 3.05) is 11.9 Å². The van der Waals surface area contributed by atoms with Crippen LogP contribution in [-0.2, 0) is 19.5 Å². The van der Waals surface area contributed by atoms with Crippen LogP contribution in [0.15, 0.2) is 16.8 Å². The minimum absolute atomic E-state index is 0.137. The lowest BCUT2D eigenvalue weighted by Crippen LogP contribution is -2.35. The van der Waals surface area contributed by atoms with Crippen molar-refractivity contribution < 1.29 is 0 Å². The molecule has 21 heavy (non-hydrogen) atoms. The third-order valence-electron chi connectivity index (χ3n) is 3.21. The van der Waals surface area contributed by atoms with Gasteiger partial charge in [0.15, 0.2) is 5.13 Å². The number of hydrogen-bond acceptors (Lipinski definition) is 5. The van der Waals surface area contributed by atoms with Crippen LogP contribution in [0.5, 0.6) is 0 Å². The number of nitrogens with zero attached hydrogens (tertiary/aromatic N) is 2. The highest BCUT2D eigenvalue weighted by molar-refractivity contribution is 7.15. The highest BCUT2D eigenvalue weighted by Crippen LogP contribution is 2.27. The third-order valence-corrected chi connectivity index (χ3v) is 5.15. The van der Waals surface area contributed by atoms with Crippen molar-refractivity contribution in [2.45, 2.75) is 52.7 Å². The van der Waals surface area contributed by atoms with Crippen molar-refractivity contribution in [1.82, 2.24) is 10.3 Å². The molecule has 0 saturated carbocycles. The molecule has 0 fully saturated rings. The van der Waals surface area contributed by atoms with Gasteiger partial charge in [-0.1, -0.05) is 6.92 Å². The number of nitrogens with one attached hydrogen (secondary N) is 1. The van der Waals surface area contributed by atoms with Crippen molar-refractivity contribution in [3.63, 3.8) is 0 Å². The van der Waals surface area contributed by atoms with Gasteiger partial charge >= 0.3 is 0 Å². The van der Waals surface area contributed by atoms with Crippen molar-refractivity contribution >= 4 is 27.8 Å². The maximum Gasteiger partial charge on any atom is 0.185 e. The summed E-state index contributed by atoms with van der Waals surface area (Å²) in [5, 5.41) is 9.01. The summed E-state index contributed by atoms with van der Waals surface area (Å²) in [5.41, 5.74) is 2.71. The van der Waals surface area contributed by atoms with Crippen LogP contribution in [0.1, 0.15) is 43.8 Å². The zero-order chi connectivity index (χ0) is 15.5. The summed E-state index contributed by atoms with van der Waals surface area (Å²) in [6.07, 6.45) is 0.990. The molecule has 3 nitrogen and oxygen atoms in total. The molecule has 2 aromatic rings. The first kappa shape index (κ1) is 16.5. The SMILES string of the molecule is CCc1nc(N(C)Cc2ccsc2)sc1CNC(C)(C)C. The van der Waals surface area contributed by atoms with Gasteiger partial charge in [-0.25, -0.2) is 4.98 Å². The third kappa shape index (κ3) is 4.80. The maximum atomic E-state index is 4.82. The molecule has 2 rings (SSSR count). The molecule has 5 heteroatoms. The zero-order valence-corrected chi connectivity index (χ0v) is 15.2. The molecule has 0 amide bonds. The zero-order valence-electron chi connectivity index (χ0n) is 13.6. The first-order valence-electron chi connectivity index (χ1n) is 7.35. The van der Waals surface area contributed by atoms with Gasteiger partial charge in [-0.05, 0) is 49.6 Å². The van der Waals surface area contributed by atoms with Crippen molar-refractivity contribution in [3.8, 4) is 0 Å². The maximum absolute atomic E-state index is 4.82. The van der Waals surface area contributed by atoms with E-state index in [4.69, 9.17) is 4.98 Å². The van der Waals surface area contributed by atoms with E-state index in [1.807, 2.05) is 11.3 Å². The number of aromatic nitrogens is 1. The van der Waals surface area contributed by atoms with E-state index in [1.54, 1.807) is 11.3 Å².